The lowest BCUT2D eigenvalue weighted by Gasteiger charge is -2.16. The number of benzene rings is 1. The molecule has 1 aromatic carbocycles. The van der Waals surface area contributed by atoms with Gasteiger partial charge < -0.3 is 15.5 Å². The quantitative estimate of drug-likeness (QED) is 0.849. The van der Waals surface area contributed by atoms with E-state index in [2.05, 4.69) is 37.4 Å². The molecule has 1 unspecified atom stereocenters. The van der Waals surface area contributed by atoms with E-state index < -0.39 is 0 Å². The van der Waals surface area contributed by atoms with Crippen molar-refractivity contribution in [1.82, 2.24) is 0 Å². The summed E-state index contributed by atoms with van der Waals surface area (Å²) in [5.74, 6) is 0.866. The number of hydrogen-bond acceptors (Lipinski definition) is 3. The number of nitrogens with two attached hydrogens (primary N) is 1. The number of furan rings is 1. The van der Waals surface area contributed by atoms with Crippen LogP contribution in [0.25, 0.3) is 0 Å². The van der Waals surface area contributed by atoms with E-state index in [4.69, 9.17) is 10.2 Å². The summed E-state index contributed by atoms with van der Waals surface area (Å²) in [7, 11) is 0. The number of anilines is 1. The molecule has 3 heteroatoms. The average Bonchev–Trinajstić information content (AvgIpc) is 2.84. The molecular weight excluding hydrogens is 212 g/mol. The van der Waals surface area contributed by atoms with E-state index in [-0.39, 0.29) is 6.04 Å². The summed E-state index contributed by atoms with van der Waals surface area (Å²) in [4.78, 5) is 0. The maximum Gasteiger partial charge on any atom is 0.127 e. The van der Waals surface area contributed by atoms with Crippen LogP contribution in [-0.4, -0.2) is 6.54 Å². The van der Waals surface area contributed by atoms with E-state index in [0.717, 1.165) is 11.4 Å². The van der Waals surface area contributed by atoms with Crippen LogP contribution in [0.1, 0.15) is 22.9 Å². The van der Waals surface area contributed by atoms with Crippen LogP contribution in [0.15, 0.2) is 41.0 Å². The van der Waals surface area contributed by atoms with Crippen molar-refractivity contribution < 1.29 is 4.42 Å². The van der Waals surface area contributed by atoms with E-state index in [1.54, 1.807) is 6.26 Å². The van der Waals surface area contributed by atoms with Gasteiger partial charge in [0.25, 0.3) is 0 Å². The summed E-state index contributed by atoms with van der Waals surface area (Å²) in [5, 5.41) is 3.38. The highest BCUT2D eigenvalue weighted by atomic mass is 16.3. The summed E-state index contributed by atoms with van der Waals surface area (Å²) >= 11 is 0. The van der Waals surface area contributed by atoms with Crippen LogP contribution in [0.2, 0.25) is 0 Å². The molecule has 0 aliphatic carbocycles. The summed E-state index contributed by atoms with van der Waals surface area (Å²) in [6.07, 6.45) is 1.67. The zero-order valence-corrected chi connectivity index (χ0v) is 10.2. The standard InChI is InChI=1S/C14H18N2O/c1-10-5-6-12(8-11(10)2)16-13(9-15)14-4-3-7-17-14/h3-8,13,16H,9,15H2,1-2H3. The summed E-state index contributed by atoms with van der Waals surface area (Å²) < 4.78 is 5.37. The highest BCUT2D eigenvalue weighted by Gasteiger charge is 2.12. The molecule has 0 radical (unpaired) electrons. The first-order valence-corrected chi connectivity index (χ1v) is 5.78. The van der Waals surface area contributed by atoms with Crippen LogP contribution in [0.5, 0.6) is 0 Å². The van der Waals surface area contributed by atoms with Crippen LogP contribution in [-0.2, 0) is 0 Å². The molecule has 0 aliphatic heterocycles. The van der Waals surface area contributed by atoms with Gasteiger partial charge in [-0.15, -0.1) is 0 Å². The van der Waals surface area contributed by atoms with Gasteiger partial charge in [0.05, 0.1) is 12.3 Å². The molecule has 0 saturated heterocycles. The van der Waals surface area contributed by atoms with Gasteiger partial charge in [0.2, 0.25) is 0 Å². The van der Waals surface area contributed by atoms with Crippen molar-refractivity contribution in [2.45, 2.75) is 19.9 Å². The zero-order chi connectivity index (χ0) is 12.3. The van der Waals surface area contributed by atoms with Crippen LogP contribution in [0.3, 0.4) is 0 Å². The van der Waals surface area contributed by atoms with Crippen LogP contribution < -0.4 is 11.1 Å². The Labute approximate surface area is 102 Å². The van der Waals surface area contributed by atoms with Gasteiger partial charge in [-0.3, -0.25) is 0 Å². The van der Waals surface area contributed by atoms with E-state index in [1.807, 2.05) is 12.1 Å². The molecule has 0 amide bonds. The molecule has 0 spiro atoms. The minimum Gasteiger partial charge on any atom is -0.467 e. The molecular formula is C14H18N2O. The third-order valence-electron chi connectivity index (χ3n) is 2.97. The Balaban J connectivity index is 2.16. The largest absolute Gasteiger partial charge is 0.467 e. The monoisotopic (exact) mass is 230 g/mol. The SMILES string of the molecule is Cc1ccc(NC(CN)c2ccco2)cc1C. The van der Waals surface area contributed by atoms with Crippen molar-refractivity contribution in [2.24, 2.45) is 5.73 Å². The van der Waals surface area contributed by atoms with Crippen molar-refractivity contribution in [1.29, 1.82) is 0 Å². The van der Waals surface area contributed by atoms with Gasteiger partial charge >= 0.3 is 0 Å². The molecule has 90 valence electrons. The number of aryl methyl sites for hydroxylation is 2. The van der Waals surface area contributed by atoms with E-state index in [1.165, 1.54) is 11.1 Å². The lowest BCUT2D eigenvalue weighted by atomic mass is 10.1. The van der Waals surface area contributed by atoms with Gasteiger partial charge in [0, 0.05) is 12.2 Å². The molecule has 1 heterocycles. The van der Waals surface area contributed by atoms with Crippen LogP contribution >= 0.6 is 0 Å². The highest BCUT2D eigenvalue weighted by Crippen LogP contribution is 2.21. The lowest BCUT2D eigenvalue weighted by molar-refractivity contribution is 0.481. The predicted molar refractivity (Wildman–Crippen MR) is 70.0 cm³/mol. The number of rotatable bonds is 4. The fourth-order valence-electron chi connectivity index (χ4n) is 1.77. The highest BCUT2D eigenvalue weighted by molar-refractivity contribution is 5.49. The van der Waals surface area contributed by atoms with Gasteiger partial charge in [-0.1, -0.05) is 6.07 Å². The Morgan fingerprint density at radius 1 is 1.24 bits per heavy atom. The molecule has 3 N–H and O–H groups in total. The van der Waals surface area contributed by atoms with Crippen molar-refractivity contribution >= 4 is 5.69 Å². The first kappa shape index (κ1) is 11.7. The van der Waals surface area contributed by atoms with Gasteiger partial charge in [-0.05, 0) is 49.2 Å². The maximum atomic E-state index is 5.76. The minimum atomic E-state index is 0.0205. The Hall–Kier alpha value is -1.74. The van der Waals surface area contributed by atoms with Crippen molar-refractivity contribution in [3.05, 3.63) is 53.5 Å². The molecule has 0 aliphatic rings. The topological polar surface area (TPSA) is 51.2 Å². The Bertz CT molecular complexity index is 477. The molecule has 0 fully saturated rings. The molecule has 2 aromatic rings. The van der Waals surface area contributed by atoms with Crippen molar-refractivity contribution in [3.8, 4) is 0 Å². The minimum absolute atomic E-state index is 0.0205. The fraction of sp³-hybridized carbons (Fsp3) is 0.286. The first-order chi connectivity index (χ1) is 8.20. The van der Waals surface area contributed by atoms with Gasteiger partial charge in [0.15, 0.2) is 0 Å². The molecule has 0 bridgehead atoms. The molecule has 1 aromatic heterocycles. The molecule has 1 atom stereocenters. The maximum absolute atomic E-state index is 5.76. The second-order valence-corrected chi connectivity index (χ2v) is 4.25. The predicted octanol–water partition coefficient (Wildman–Crippen LogP) is 3.01. The third kappa shape index (κ3) is 2.68. The Morgan fingerprint density at radius 3 is 2.65 bits per heavy atom. The number of hydrogen-bond donors (Lipinski definition) is 2. The van der Waals surface area contributed by atoms with Gasteiger partial charge in [-0.2, -0.15) is 0 Å². The smallest absolute Gasteiger partial charge is 0.127 e. The second kappa shape index (κ2) is 5.06. The van der Waals surface area contributed by atoms with E-state index in [9.17, 15) is 0 Å². The summed E-state index contributed by atoms with van der Waals surface area (Å²) in [5.41, 5.74) is 9.39. The average molecular weight is 230 g/mol. The summed E-state index contributed by atoms with van der Waals surface area (Å²) in [6.45, 7) is 4.71. The van der Waals surface area contributed by atoms with E-state index in [0.29, 0.717) is 6.54 Å². The zero-order valence-electron chi connectivity index (χ0n) is 10.2. The molecule has 0 saturated carbocycles. The normalized spacial score (nSPS) is 12.4. The van der Waals surface area contributed by atoms with E-state index >= 15 is 0 Å². The van der Waals surface area contributed by atoms with Crippen LogP contribution in [0, 0.1) is 13.8 Å². The molecule has 3 nitrogen and oxygen atoms in total. The van der Waals surface area contributed by atoms with Crippen LogP contribution in [0.4, 0.5) is 5.69 Å². The fourth-order valence-corrected chi connectivity index (χ4v) is 1.77. The lowest BCUT2D eigenvalue weighted by Crippen LogP contribution is -2.20. The van der Waals surface area contributed by atoms with Crippen molar-refractivity contribution in [2.75, 3.05) is 11.9 Å². The Morgan fingerprint density at radius 2 is 2.06 bits per heavy atom. The Kier molecular flexibility index (Phi) is 3.49. The molecule has 2 rings (SSSR count). The second-order valence-electron chi connectivity index (χ2n) is 4.25. The van der Waals surface area contributed by atoms with Gasteiger partial charge in [-0.25, -0.2) is 0 Å². The number of nitrogens with one attached hydrogen (secondary N) is 1. The third-order valence-corrected chi connectivity index (χ3v) is 2.97. The summed E-state index contributed by atoms with van der Waals surface area (Å²) in [6, 6.07) is 10.1. The van der Waals surface area contributed by atoms with Crippen molar-refractivity contribution in [3.63, 3.8) is 0 Å². The first-order valence-electron chi connectivity index (χ1n) is 5.78. The van der Waals surface area contributed by atoms with Gasteiger partial charge in [0.1, 0.15) is 5.76 Å². The molecule has 17 heavy (non-hydrogen) atoms.